The molecule has 0 N–H and O–H groups in total. The first-order chi connectivity index (χ1) is 8.57. The van der Waals surface area contributed by atoms with Crippen molar-refractivity contribution in [1.82, 2.24) is 0 Å². The van der Waals surface area contributed by atoms with Crippen LogP contribution in [0.2, 0.25) is 0 Å². The van der Waals surface area contributed by atoms with Crippen molar-refractivity contribution in [3.05, 3.63) is 30.3 Å². The monoisotopic (exact) mass is 294 g/mol. The van der Waals surface area contributed by atoms with E-state index in [0.29, 0.717) is 5.75 Å². The molecule has 1 atom stereocenters. The molecular formula is C14H23NaO3S. The number of benzene rings is 1. The zero-order valence-electron chi connectivity index (χ0n) is 13.1. The molecule has 0 saturated carbocycles. The van der Waals surface area contributed by atoms with E-state index in [1.54, 1.807) is 24.3 Å². The molecule has 0 aliphatic rings. The molecule has 5 heteroatoms. The molecule has 19 heavy (non-hydrogen) atoms. The van der Waals surface area contributed by atoms with Crippen molar-refractivity contribution in [2.45, 2.75) is 39.5 Å². The minimum Gasteiger partial charge on any atom is -1.00 e. The zero-order valence-corrected chi connectivity index (χ0v) is 14.9. The standard InChI is InChI=1S/C14H22O3S.Na.H/c1-3-5-9-13(4-2)12-18(15,16)17-14-10-7-6-8-11-14;;/h6-8,10-11,13H,3-5,9,12H2,1-2H3;;/q;+1;-1. The summed E-state index contributed by atoms with van der Waals surface area (Å²) < 4.78 is 28.9. The van der Waals surface area contributed by atoms with Gasteiger partial charge in [-0.1, -0.05) is 51.3 Å². The molecule has 0 aliphatic heterocycles. The number of rotatable bonds is 8. The van der Waals surface area contributed by atoms with Crippen LogP contribution in [0.15, 0.2) is 30.3 Å². The van der Waals surface area contributed by atoms with Crippen LogP contribution >= 0.6 is 0 Å². The molecule has 3 nitrogen and oxygen atoms in total. The average Bonchev–Trinajstić information content (AvgIpc) is 2.35. The molecule has 1 aromatic rings. The van der Waals surface area contributed by atoms with Gasteiger partial charge in [-0.3, -0.25) is 0 Å². The summed E-state index contributed by atoms with van der Waals surface area (Å²) in [6.45, 7) is 4.14. The van der Waals surface area contributed by atoms with Gasteiger partial charge in [-0.25, -0.2) is 0 Å². The molecule has 0 aliphatic carbocycles. The van der Waals surface area contributed by atoms with E-state index in [4.69, 9.17) is 4.18 Å². The quantitative estimate of drug-likeness (QED) is 0.524. The molecule has 0 amide bonds. The van der Waals surface area contributed by atoms with Gasteiger partial charge in [0.25, 0.3) is 0 Å². The summed E-state index contributed by atoms with van der Waals surface area (Å²) in [5.74, 6) is 0.694. The molecule has 0 spiro atoms. The maximum atomic E-state index is 11.9. The van der Waals surface area contributed by atoms with Crippen LogP contribution < -0.4 is 33.7 Å². The van der Waals surface area contributed by atoms with Crippen LogP contribution in [0.3, 0.4) is 0 Å². The summed E-state index contributed by atoms with van der Waals surface area (Å²) in [5, 5.41) is 0. The predicted octanol–water partition coefficient (Wildman–Crippen LogP) is 0.728. The Morgan fingerprint density at radius 2 is 1.84 bits per heavy atom. The second-order valence-corrected chi connectivity index (χ2v) is 6.15. The predicted molar refractivity (Wildman–Crippen MR) is 75.3 cm³/mol. The van der Waals surface area contributed by atoms with Gasteiger partial charge in [0.1, 0.15) is 5.75 Å². The first-order valence-electron chi connectivity index (χ1n) is 6.54. The second-order valence-electron chi connectivity index (χ2n) is 4.54. The summed E-state index contributed by atoms with van der Waals surface area (Å²) >= 11 is 0. The Kier molecular flexibility index (Phi) is 9.79. The van der Waals surface area contributed by atoms with E-state index in [-0.39, 0.29) is 42.7 Å². The fraction of sp³-hybridized carbons (Fsp3) is 0.571. The maximum Gasteiger partial charge on any atom is 1.00 e. The number of unbranched alkanes of at least 4 members (excludes halogenated alkanes) is 1. The van der Waals surface area contributed by atoms with E-state index in [0.717, 1.165) is 25.7 Å². The van der Waals surface area contributed by atoms with Gasteiger partial charge in [0.2, 0.25) is 0 Å². The Morgan fingerprint density at radius 1 is 1.21 bits per heavy atom. The van der Waals surface area contributed by atoms with Crippen LogP contribution in [0.25, 0.3) is 0 Å². The zero-order chi connectivity index (χ0) is 13.4. The molecule has 0 heterocycles. The Morgan fingerprint density at radius 3 is 2.37 bits per heavy atom. The number of hydrogen-bond acceptors (Lipinski definition) is 3. The van der Waals surface area contributed by atoms with Gasteiger partial charge in [0.15, 0.2) is 0 Å². The fourth-order valence-corrected chi connectivity index (χ4v) is 3.30. The molecule has 1 rings (SSSR count). The second kappa shape index (κ2) is 9.81. The molecule has 0 aromatic heterocycles. The van der Waals surface area contributed by atoms with Crippen molar-refractivity contribution in [3.63, 3.8) is 0 Å². The van der Waals surface area contributed by atoms with Gasteiger partial charge in [-0.2, -0.15) is 8.42 Å². The largest absolute Gasteiger partial charge is 1.00 e. The first kappa shape index (κ1) is 19.0. The van der Waals surface area contributed by atoms with Gasteiger partial charge in [0, 0.05) is 0 Å². The molecular weight excluding hydrogens is 271 g/mol. The molecule has 1 aromatic carbocycles. The van der Waals surface area contributed by atoms with Crippen molar-refractivity contribution < 1.29 is 43.6 Å². The van der Waals surface area contributed by atoms with E-state index >= 15 is 0 Å². The summed E-state index contributed by atoms with van der Waals surface area (Å²) in [6, 6.07) is 8.67. The van der Waals surface area contributed by atoms with E-state index in [9.17, 15) is 8.42 Å². The third-order valence-corrected chi connectivity index (χ3v) is 4.28. The first-order valence-corrected chi connectivity index (χ1v) is 8.12. The molecule has 1 unspecified atom stereocenters. The third kappa shape index (κ3) is 7.98. The van der Waals surface area contributed by atoms with E-state index in [2.05, 4.69) is 6.92 Å². The Hall–Kier alpha value is -0.0300. The smallest absolute Gasteiger partial charge is 1.00 e. The van der Waals surface area contributed by atoms with Crippen LogP contribution in [0.5, 0.6) is 5.75 Å². The van der Waals surface area contributed by atoms with Crippen molar-refractivity contribution in [2.24, 2.45) is 5.92 Å². The van der Waals surface area contributed by atoms with Crippen LogP contribution in [0.1, 0.15) is 41.0 Å². The van der Waals surface area contributed by atoms with Crippen molar-refractivity contribution in [3.8, 4) is 5.75 Å². The van der Waals surface area contributed by atoms with Crippen molar-refractivity contribution in [1.29, 1.82) is 0 Å². The maximum absolute atomic E-state index is 11.9. The third-order valence-electron chi connectivity index (χ3n) is 2.95. The van der Waals surface area contributed by atoms with Crippen LogP contribution in [-0.2, 0) is 10.1 Å². The Bertz CT molecular complexity index is 437. The molecule has 0 radical (unpaired) electrons. The molecule has 104 valence electrons. The van der Waals surface area contributed by atoms with Crippen LogP contribution in [0.4, 0.5) is 0 Å². The minimum absolute atomic E-state index is 0. The normalized spacial score (nSPS) is 12.5. The van der Waals surface area contributed by atoms with Gasteiger partial charge < -0.3 is 5.61 Å². The van der Waals surface area contributed by atoms with Crippen molar-refractivity contribution >= 4 is 10.1 Å². The summed E-state index contributed by atoms with van der Waals surface area (Å²) in [5.41, 5.74) is 0. The molecule has 0 saturated heterocycles. The minimum atomic E-state index is -3.48. The van der Waals surface area contributed by atoms with E-state index in [1.807, 2.05) is 13.0 Å². The van der Waals surface area contributed by atoms with Crippen molar-refractivity contribution in [2.75, 3.05) is 5.75 Å². The van der Waals surface area contributed by atoms with Gasteiger partial charge in [-0.15, -0.1) is 0 Å². The fourth-order valence-electron chi connectivity index (χ4n) is 1.84. The molecule has 0 bridgehead atoms. The summed E-state index contributed by atoms with van der Waals surface area (Å²) in [6.07, 6.45) is 3.98. The Balaban J connectivity index is 0. The van der Waals surface area contributed by atoms with Gasteiger partial charge in [-0.05, 0) is 24.5 Å². The van der Waals surface area contributed by atoms with E-state index in [1.165, 1.54) is 0 Å². The molecule has 0 fully saturated rings. The van der Waals surface area contributed by atoms with Crippen LogP contribution in [-0.4, -0.2) is 14.2 Å². The number of para-hydroxylation sites is 1. The van der Waals surface area contributed by atoms with Crippen LogP contribution in [0, 0.1) is 5.92 Å². The topological polar surface area (TPSA) is 43.4 Å². The summed E-state index contributed by atoms with van der Waals surface area (Å²) in [7, 11) is -3.48. The van der Waals surface area contributed by atoms with Gasteiger partial charge >= 0.3 is 39.7 Å². The number of hydrogen-bond donors (Lipinski definition) is 0. The SMILES string of the molecule is CCCCC(CC)CS(=O)(=O)Oc1ccccc1.[H-].[Na+]. The Labute approximate surface area is 140 Å². The van der Waals surface area contributed by atoms with E-state index < -0.39 is 10.1 Å². The van der Waals surface area contributed by atoms with Gasteiger partial charge in [0.05, 0.1) is 5.75 Å². The average molecular weight is 294 g/mol. The summed E-state index contributed by atoms with van der Waals surface area (Å²) in [4.78, 5) is 0.